The molecule has 1 aliphatic rings. The number of amides is 1. The second kappa shape index (κ2) is 5.95. The number of nitrogens with one attached hydrogen (secondary N) is 1. The molecule has 0 radical (unpaired) electrons. The number of aromatic amines is 1. The molecule has 6 heteroatoms. The minimum atomic E-state index is -0.880. The van der Waals surface area contributed by atoms with Gasteiger partial charge >= 0.3 is 5.97 Å². The van der Waals surface area contributed by atoms with Gasteiger partial charge in [-0.3, -0.25) is 9.59 Å². The number of aromatic nitrogens is 1. The Morgan fingerprint density at radius 3 is 3.00 bits per heavy atom. The van der Waals surface area contributed by atoms with Crippen molar-refractivity contribution >= 4 is 23.6 Å². The van der Waals surface area contributed by atoms with Crippen LogP contribution in [0, 0.1) is 0 Å². The first-order valence-electron chi connectivity index (χ1n) is 5.91. The van der Waals surface area contributed by atoms with E-state index in [4.69, 9.17) is 5.11 Å². The van der Waals surface area contributed by atoms with E-state index in [9.17, 15) is 9.59 Å². The van der Waals surface area contributed by atoms with Crippen LogP contribution in [0.2, 0.25) is 0 Å². The van der Waals surface area contributed by atoms with Crippen molar-refractivity contribution in [2.75, 3.05) is 18.1 Å². The SMILES string of the molecule is O=C(O)CSCC(=O)N1CCCC1c1ccc[nH]1. The maximum atomic E-state index is 12.0. The first-order chi connectivity index (χ1) is 8.68. The summed E-state index contributed by atoms with van der Waals surface area (Å²) in [6.45, 7) is 0.760. The number of carbonyl (C=O) groups excluding carboxylic acids is 1. The molecule has 1 aromatic rings. The van der Waals surface area contributed by atoms with Gasteiger partial charge in [0.15, 0.2) is 0 Å². The molecule has 5 nitrogen and oxygen atoms in total. The summed E-state index contributed by atoms with van der Waals surface area (Å²) in [5, 5.41) is 8.54. The van der Waals surface area contributed by atoms with E-state index in [-0.39, 0.29) is 23.5 Å². The minimum absolute atomic E-state index is 0.0211. The molecule has 0 spiro atoms. The molecule has 0 aromatic carbocycles. The molecule has 1 amide bonds. The number of rotatable bonds is 5. The van der Waals surface area contributed by atoms with Crippen molar-refractivity contribution in [2.24, 2.45) is 0 Å². The van der Waals surface area contributed by atoms with Crippen molar-refractivity contribution in [1.29, 1.82) is 0 Å². The van der Waals surface area contributed by atoms with Crippen LogP contribution in [-0.4, -0.2) is 44.9 Å². The zero-order valence-corrected chi connectivity index (χ0v) is 10.8. The third kappa shape index (κ3) is 3.07. The van der Waals surface area contributed by atoms with E-state index in [1.807, 2.05) is 23.2 Å². The topological polar surface area (TPSA) is 73.4 Å². The van der Waals surface area contributed by atoms with Crippen LogP contribution in [0.5, 0.6) is 0 Å². The minimum Gasteiger partial charge on any atom is -0.481 e. The summed E-state index contributed by atoms with van der Waals surface area (Å²) in [7, 11) is 0. The van der Waals surface area contributed by atoms with Gasteiger partial charge in [0.2, 0.25) is 5.91 Å². The normalized spacial score (nSPS) is 19.1. The molecule has 1 unspecified atom stereocenters. The highest BCUT2D eigenvalue weighted by molar-refractivity contribution is 8.00. The van der Waals surface area contributed by atoms with Gasteiger partial charge in [-0.2, -0.15) is 0 Å². The number of likely N-dealkylation sites (tertiary alicyclic amines) is 1. The zero-order chi connectivity index (χ0) is 13.0. The summed E-state index contributed by atoms with van der Waals surface area (Å²) in [6, 6.07) is 4.04. The Labute approximate surface area is 110 Å². The molecule has 0 saturated carbocycles. The zero-order valence-electron chi connectivity index (χ0n) is 9.96. The average molecular weight is 268 g/mol. The third-order valence-electron chi connectivity index (χ3n) is 3.01. The highest BCUT2D eigenvalue weighted by Gasteiger charge is 2.30. The molecule has 98 valence electrons. The van der Waals surface area contributed by atoms with Crippen molar-refractivity contribution in [2.45, 2.75) is 18.9 Å². The maximum Gasteiger partial charge on any atom is 0.313 e. The summed E-state index contributed by atoms with van der Waals surface area (Å²) in [6.07, 6.45) is 3.82. The van der Waals surface area contributed by atoms with Crippen LogP contribution in [0.3, 0.4) is 0 Å². The smallest absolute Gasteiger partial charge is 0.313 e. The highest BCUT2D eigenvalue weighted by Crippen LogP contribution is 2.31. The van der Waals surface area contributed by atoms with Crippen LogP contribution in [0.1, 0.15) is 24.6 Å². The van der Waals surface area contributed by atoms with Crippen LogP contribution in [0.15, 0.2) is 18.3 Å². The molecule has 18 heavy (non-hydrogen) atoms. The number of hydrogen-bond donors (Lipinski definition) is 2. The number of carbonyl (C=O) groups is 2. The Balaban J connectivity index is 1.91. The summed E-state index contributed by atoms with van der Waals surface area (Å²) >= 11 is 1.15. The Kier molecular flexibility index (Phi) is 4.30. The van der Waals surface area contributed by atoms with Crippen molar-refractivity contribution in [3.63, 3.8) is 0 Å². The van der Waals surface area contributed by atoms with Crippen molar-refractivity contribution in [3.8, 4) is 0 Å². The van der Waals surface area contributed by atoms with E-state index < -0.39 is 5.97 Å². The molecule has 0 aliphatic carbocycles. The molecular formula is C12H16N2O3S. The van der Waals surface area contributed by atoms with Gasteiger partial charge in [-0.05, 0) is 25.0 Å². The predicted octanol–water partition coefficient (Wildman–Crippen LogP) is 1.50. The fourth-order valence-electron chi connectivity index (χ4n) is 2.25. The number of carboxylic acid groups (broad SMARTS) is 1. The lowest BCUT2D eigenvalue weighted by molar-refractivity contribution is -0.133. The molecule has 1 aromatic heterocycles. The van der Waals surface area contributed by atoms with E-state index in [0.717, 1.165) is 36.8 Å². The Hall–Kier alpha value is -1.43. The number of thioether (sulfide) groups is 1. The van der Waals surface area contributed by atoms with Crippen molar-refractivity contribution in [1.82, 2.24) is 9.88 Å². The summed E-state index contributed by atoms with van der Waals surface area (Å²) in [5.74, 6) is -0.635. The second-order valence-electron chi connectivity index (χ2n) is 4.26. The van der Waals surface area contributed by atoms with Crippen LogP contribution in [0.25, 0.3) is 0 Å². The number of carboxylic acids is 1. The number of H-pyrrole nitrogens is 1. The number of nitrogens with zero attached hydrogens (tertiary/aromatic N) is 1. The Bertz CT molecular complexity index is 419. The van der Waals surface area contributed by atoms with Gasteiger partial charge < -0.3 is 15.0 Å². The lowest BCUT2D eigenvalue weighted by atomic mass is 10.1. The van der Waals surface area contributed by atoms with Gasteiger partial charge in [0.1, 0.15) is 0 Å². The largest absolute Gasteiger partial charge is 0.481 e. The van der Waals surface area contributed by atoms with E-state index in [0.29, 0.717) is 0 Å². The predicted molar refractivity (Wildman–Crippen MR) is 69.4 cm³/mol. The number of aliphatic carboxylic acids is 1. The van der Waals surface area contributed by atoms with Gasteiger partial charge in [-0.15, -0.1) is 11.8 Å². The standard InChI is InChI=1S/C12H16N2O3S/c15-11(7-18-8-12(16)17)14-6-2-4-10(14)9-3-1-5-13-9/h1,3,5,10,13H,2,4,6-8H2,(H,16,17). The quantitative estimate of drug-likeness (QED) is 0.848. The van der Waals surface area contributed by atoms with Crippen molar-refractivity contribution in [3.05, 3.63) is 24.0 Å². The van der Waals surface area contributed by atoms with Gasteiger partial charge in [-0.25, -0.2) is 0 Å². The van der Waals surface area contributed by atoms with E-state index in [1.165, 1.54) is 0 Å². The Morgan fingerprint density at radius 2 is 2.33 bits per heavy atom. The third-order valence-corrected chi connectivity index (χ3v) is 3.91. The first kappa shape index (κ1) is 13.0. The fourth-order valence-corrected chi connectivity index (χ4v) is 2.87. The van der Waals surface area contributed by atoms with E-state index in [2.05, 4.69) is 4.98 Å². The van der Waals surface area contributed by atoms with Gasteiger partial charge in [-0.1, -0.05) is 0 Å². The second-order valence-corrected chi connectivity index (χ2v) is 5.24. The Morgan fingerprint density at radius 1 is 1.50 bits per heavy atom. The molecular weight excluding hydrogens is 252 g/mol. The molecule has 0 bridgehead atoms. The molecule has 2 heterocycles. The molecule has 2 rings (SSSR count). The molecule has 1 fully saturated rings. The van der Waals surface area contributed by atoms with Crippen molar-refractivity contribution < 1.29 is 14.7 Å². The molecule has 1 atom stereocenters. The van der Waals surface area contributed by atoms with Crippen LogP contribution in [0.4, 0.5) is 0 Å². The van der Waals surface area contributed by atoms with E-state index >= 15 is 0 Å². The summed E-state index contributed by atoms with van der Waals surface area (Å²) < 4.78 is 0. The average Bonchev–Trinajstić information content (AvgIpc) is 2.99. The lowest BCUT2D eigenvalue weighted by Crippen LogP contribution is -2.32. The molecule has 1 aliphatic heterocycles. The van der Waals surface area contributed by atoms with E-state index in [1.54, 1.807) is 0 Å². The molecule has 2 N–H and O–H groups in total. The van der Waals surface area contributed by atoms with Gasteiger partial charge in [0, 0.05) is 18.4 Å². The highest BCUT2D eigenvalue weighted by atomic mass is 32.2. The van der Waals surface area contributed by atoms with Gasteiger partial charge in [0.05, 0.1) is 17.5 Å². The number of hydrogen-bond acceptors (Lipinski definition) is 3. The van der Waals surface area contributed by atoms with Crippen LogP contribution in [-0.2, 0) is 9.59 Å². The summed E-state index contributed by atoms with van der Waals surface area (Å²) in [4.78, 5) is 27.4. The molecule has 1 saturated heterocycles. The fraction of sp³-hybridized carbons (Fsp3) is 0.500. The van der Waals surface area contributed by atoms with Gasteiger partial charge in [0.25, 0.3) is 0 Å². The maximum absolute atomic E-state index is 12.0. The lowest BCUT2D eigenvalue weighted by Gasteiger charge is -2.23. The first-order valence-corrected chi connectivity index (χ1v) is 7.06. The van der Waals surface area contributed by atoms with Crippen LogP contribution >= 0.6 is 11.8 Å². The van der Waals surface area contributed by atoms with Crippen LogP contribution < -0.4 is 0 Å². The monoisotopic (exact) mass is 268 g/mol. The summed E-state index contributed by atoms with van der Waals surface area (Å²) in [5.41, 5.74) is 1.06.